The molecule has 13 heteroatoms. The van der Waals surface area contributed by atoms with Crippen LogP contribution in [0.5, 0.6) is 5.75 Å². The second kappa shape index (κ2) is 12.1. The number of aromatic hydroxyl groups is 1. The Morgan fingerprint density at radius 2 is 1.74 bits per heavy atom. The number of carbonyl (C=O) groups excluding carboxylic acids is 4. The minimum Gasteiger partial charge on any atom is -0.507 e. The summed E-state index contributed by atoms with van der Waals surface area (Å²) in [6.07, 6.45) is 2.00. The zero-order valence-corrected chi connectivity index (χ0v) is 31.1. The average Bonchev–Trinajstić information content (AvgIpc) is 3.81. The number of nitrogens with zero attached hydrogens (tertiary/aromatic N) is 4. The van der Waals surface area contributed by atoms with Gasteiger partial charge in [0.1, 0.15) is 17.3 Å². The van der Waals surface area contributed by atoms with E-state index in [-0.39, 0.29) is 31.6 Å². The molecule has 6 atom stereocenters. The number of allylic oxidation sites excluding steroid dienone is 2. The number of rotatable bonds is 6. The van der Waals surface area contributed by atoms with Crippen molar-refractivity contribution in [3.8, 4) is 16.3 Å². The minimum atomic E-state index is -1.31. The Bertz CT molecular complexity index is 2560. The average molecular weight is 763 g/mol. The molecule has 11 nitrogen and oxygen atoms in total. The number of hydrogen-bond acceptors (Lipinski definition) is 8. The number of halogens is 1. The second-order valence-electron chi connectivity index (χ2n) is 15.1. The summed E-state index contributed by atoms with van der Waals surface area (Å²) in [4.78, 5) is 72.5. The maximum atomic E-state index is 15.2. The molecule has 54 heavy (non-hydrogen) atoms. The van der Waals surface area contributed by atoms with Gasteiger partial charge in [0.2, 0.25) is 23.6 Å². The Balaban J connectivity index is 1.18. The van der Waals surface area contributed by atoms with Crippen molar-refractivity contribution in [2.75, 3.05) is 11.4 Å². The first-order valence-electron chi connectivity index (χ1n) is 17.9. The smallest absolute Gasteiger partial charge is 0.305 e. The molecule has 5 aromatic rings. The van der Waals surface area contributed by atoms with Gasteiger partial charge in [0.05, 0.1) is 34.5 Å². The first-order valence-corrected chi connectivity index (χ1v) is 19.1. The van der Waals surface area contributed by atoms with E-state index in [1.54, 1.807) is 47.3 Å². The van der Waals surface area contributed by atoms with Gasteiger partial charge in [-0.2, -0.15) is 5.10 Å². The highest BCUT2D eigenvalue weighted by atomic mass is 35.5. The molecule has 4 aliphatic rings. The minimum absolute atomic E-state index is 0.0726. The van der Waals surface area contributed by atoms with Crippen LogP contribution in [0.4, 0.5) is 5.82 Å². The molecular weight excluding hydrogens is 728 g/mol. The lowest BCUT2D eigenvalue weighted by Crippen LogP contribution is -2.49. The van der Waals surface area contributed by atoms with E-state index in [0.29, 0.717) is 27.3 Å². The van der Waals surface area contributed by atoms with Crippen LogP contribution >= 0.6 is 22.9 Å². The summed E-state index contributed by atoms with van der Waals surface area (Å²) in [5, 5.41) is 27.9. The third-order valence-corrected chi connectivity index (χ3v) is 13.9. The molecule has 0 unspecified atom stereocenters. The first kappa shape index (κ1) is 34.4. The predicted molar refractivity (Wildman–Crippen MR) is 203 cm³/mol. The monoisotopic (exact) mass is 762 g/mol. The fourth-order valence-corrected chi connectivity index (χ4v) is 11.2. The molecule has 2 aliphatic heterocycles. The highest BCUT2D eigenvalue weighted by Crippen LogP contribution is 2.64. The quantitative estimate of drug-likeness (QED) is 0.141. The SMILES string of the molecule is Cc1c(-c2cc(N3C(=O)[C@@H]4C[C@@H]5C(=CC[C@@H]6C(=O)N(CCC(=O)O)C(=O)[C@@H]65)[C@H](c5ccc(O)c6ccccc56)[C@]4(C)C3=O)n(C)n2)sc2ccc(Cl)cc12. The Hall–Kier alpha value is -5.33. The molecule has 2 saturated heterocycles. The number of imide groups is 2. The molecule has 4 amide bonds. The van der Waals surface area contributed by atoms with E-state index in [4.69, 9.17) is 16.7 Å². The second-order valence-corrected chi connectivity index (χ2v) is 16.5. The van der Waals surface area contributed by atoms with E-state index in [1.807, 2.05) is 56.3 Å². The van der Waals surface area contributed by atoms with Crippen molar-refractivity contribution < 1.29 is 34.2 Å². The number of phenols is 1. The number of phenolic OH excluding ortho intramolecular Hbond substituents is 1. The van der Waals surface area contributed by atoms with E-state index in [1.165, 1.54) is 4.90 Å². The summed E-state index contributed by atoms with van der Waals surface area (Å²) >= 11 is 7.87. The zero-order chi connectivity index (χ0) is 38.0. The summed E-state index contributed by atoms with van der Waals surface area (Å²) in [5.74, 6) is -5.98. The van der Waals surface area contributed by atoms with Gasteiger partial charge >= 0.3 is 5.97 Å². The summed E-state index contributed by atoms with van der Waals surface area (Å²) in [7, 11) is 1.70. The van der Waals surface area contributed by atoms with Crippen molar-refractivity contribution in [3.63, 3.8) is 0 Å². The van der Waals surface area contributed by atoms with Crippen molar-refractivity contribution in [1.29, 1.82) is 0 Å². The number of carboxylic acids is 1. The summed E-state index contributed by atoms with van der Waals surface area (Å²) in [6.45, 7) is 3.59. The highest BCUT2D eigenvalue weighted by Gasteiger charge is 2.68. The van der Waals surface area contributed by atoms with Crippen molar-refractivity contribution >= 4 is 79.2 Å². The van der Waals surface area contributed by atoms with Gasteiger partial charge in [-0.25, -0.2) is 4.90 Å². The molecule has 0 radical (unpaired) electrons. The van der Waals surface area contributed by atoms with E-state index in [0.717, 1.165) is 36.6 Å². The topological polar surface area (TPSA) is 150 Å². The number of thiophene rings is 1. The Kier molecular flexibility index (Phi) is 7.71. The third-order valence-electron chi connectivity index (χ3n) is 12.4. The number of carbonyl (C=O) groups is 5. The third kappa shape index (κ3) is 4.72. The normalized spacial score (nSPS) is 26.4. The van der Waals surface area contributed by atoms with E-state index >= 15 is 4.79 Å². The number of hydrogen-bond donors (Lipinski definition) is 2. The highest BCUT2D eigenvalue weighted by molar-refractivity contribution is 7.22. The number of carboxylic acid groups (broad SMARTS) is 1. The molecule has 274 valence electrons. The van der Waals surface area contributed by atoms with E-state index in [9.17, 15) is 29.4 Å². The van der Waals surface area contributed by atoms with Crippen LogP contribution in [0.15, 0.2) is 72.3 Å². The number of aliphatic carboxylic acids is 1. The van der Waals surface area contributed by atoms with Gasteiger partial charge in [0.25, 0.3) is 0 Å². The summed E-state index contributed by atoms with van der Waals surface area (Å²) in [6, 6.07) is 18.2. The summed E-state index contributed by atoms with van der Waals surface area (Å²) in [5.41, 5.74) is 1.83. The van der Waals surface area contributed by atoms with Gasteiger partial charge in [-0.1, -0.05) is 53.6 Å². The van der Waals surface area contributed by atoms with Gasteiger partial charge in [0.15, 0.2) is 0 Å². The lowest BCUT2D eigenvalue weighted by atomic mass is 9.51. The van der Waals surface area contributed by atoms with Gasteiger partial charge in [-0.15, -0.1) is 11.3 Å². The fourth-order valence-electron chi connectivity index (χ4n) is 9.84. The number of anilines is 1. The molecule has 0 spiro atoms. The van der Waals surface area contributed by atoms with Crippen LogP contribution in [-0.2, 0) is 31.0 Å². The van der Waals surface area contributed by atoms with Gasteiger partial charge in [0, 0.05) is 40.7 Å². The molecule has 4 heterocycles. The molecule has 3 aromatic carbocycles. The molecule has 1 saturated carbocycles. The number of aromatic nitrogens is 2. The van der Waals surface area contributed by atoms with Crippen LogP contribution < -0.4 is 4.90 Å². The molecule has 2 N–H and O–H groups in total. The Morgan fingerprint density at radius 3 is 2.50 bits per heavy atom. The largest absolute Gasteiger partial charge is 0.507 e. The van der Waals surface area contributed by atoms with Crippen LogP contribution in [0.3, 0.4) is 0 Å². The molecule has 9 rings (SSSR count). The fraction of sp³-hybridized carbons (Fsp3) is 0.317. The van der Waals surface area contributed by atoms with Crippen LogP contribution in [-0.4, -0.2) is 61.0 Å². The van der Waals surface area contributed by atoms with Crippen LogP contribution in [0.25, 0.3) is 31.4 Å². The van der Waals surface area contributed by atoms with E-state index in [2.05, 4.69) is 0 Å². The zero-order valence-electron chi connectivity index (χ0n) is 29.6. The number of amides is 4. The number of fused-ring (bicyclic) bond motifs is 6. The van der Waals surface area contributed by atoms with Gasteiger partial charge < -0.3 is 10.2 Å². The maximum Gasteiger partial charge on any atom is 0.305 e. The lowest BCUT2D eigenvalue weighted by Gasteiger charge is -2.49. The summed E-state index contributed by atoms with van der Waals surface area (Å²) < 4.78 is 2.58. The molecule has 2 aliphatic carbocycles. The number of benzene rings is 3. The molecule has 2 aromatic heterocycles. The van der Waals surface area contributed by atoms with E-state index < -0.39 is 64.6 Å². The van der Waals surface area contributed by atoms with Crippen LogP contribution in [0.1, 0.15) is 43.2 Å². The standard InChI is InChI=1S/C41H35ClN4O7S/c1-19-26-16-20(42)8-13-31(26)54-36(19)29-18-32(44(3)43-29)46-38(51)28-17-27-24(9-10-25-34(27)39(52)45(37(25)50)15-14-33(48)49)35(41(28,2)40(46)53)23-11-12-30(47)22-7-5-4-6-21(22)23/h4-9,11-13,16,18,25,27-28,34-35,47H,10,14-15,17H2,1-3H3,(H,48,49)/t25-,27+,28-,34-,35-,41+/m0/s1. The molecular formula is C41H35ClN4O7S. The lowest BCUT2D eigenvalue weighted by molar-refractivity contribution is -0.142. The predicted octanol–water partition coefficient (Wildman–Crippen LogP) is 6.83. The van der Waals surface area contributed by atoms with Crippen molar-refractivity contribution in [1.82, 2.24) is 14.7 Å². The number of aryl methyl sites for hydroxylation is 2. The van der Waals surface area contributed by atoms with Gasteiger partial charge in [-0.05, 0) is 78.8 Å². The Morgan fingerprint density at radius 1 is 0.981 bits per heavy atom. The van der Waals surface area contributed by atoms with Crippen LogP contribution in [0.2, 0.25) is 5.02 Å². The van der Waals surface area contributed by atoms with Crippen molar-refractivity contribution in [3.05, 3.63) is 88.5 Å². The Labute approximate surface area is 318 Å². The molecule has 0 bridgehead atoms. The maximum absolute atomic E-state index is 15.2. The van der Waals surface area contributed by atoms with Gasteiger partial charge in [-0.3, -0.25) is 33.6 Å². The van der Waals surface area contributed by atoms with Crippen molar-refractivity contribution in [2.45, 2.75) is 39.0 Å². The van der Waals surface area contributed by atoms with Crippen molar-refractivity contribution in [2.24, 2.45) is 36.1 Å². The van der Waals surface area contributed by atoms with Crippen LogP contribution in [0, 0.1) is 36.0 Å². The number of likely N-dealkylation sites (tertiary alicyclic amines) is 1. The molecule has 3 fully saturated rings. The first-order chi connectivity index (χ1) is 25.8.